The lowest BCUT2D eigenvalue weighted by Crippen LogP contribution is -2.23. The van der Waals surface area contributed by atoms with Crippen LogP contribution in [0.3, 0.4) is 0 Å². The van der Waals surface area contributed by atoms with Crippen molar-refractivity contribution in [2.45, 2.75) is 13.5 Å². The number of rotatable bonds is 3. The van der Waals surface area contributed by atoms with Gasteiger partial charge in [-0.3, -0.25) is 4.79 Å². The molecule has 0 atom stereocenters. The highest BCUT2D eigenvalue weighted by Crippen LogP contribution is 2.21. The maximum absolute atomic E-state index is 12.0. The Hall–Kier alpha value is -0.720. The molecule has 0 saturated heterocycles. The third-order valence-corrected chi connectivity index (χ3v) is 4.34. The molecular formula is C12H10Br2N2OS. The highest BCUT2D eigenvalue weighted by molar-refractivity contribution is 9.11. The number of halogens is 2. The smallest absolute Gasteiger partial charge is 0.252 e. The summed E-state index contributed by atoms with van der Waals surface area (Å²) in [5, 5.41) is 3.76. The van der Waals surface area contributed by atoms with E-state index in [2.05, 4.69) is 42.2 Å². The van der Waals surface area contributed by atoms with Gasteiger partial charge in [-0.15, -0.1) is 11.3 Å². The summed E-state index contributed by atoms with van der Waals surface area (Å²) >= 11 is 8.30. The molecule has 0 aliphatic carbocycles. The molecule has 1 heterocycles. The van der Waals surface area contributed by atoms with E-state index in [9.17, 15) is 4.79 Å². The molecule has 0 bridgehead atoms. The van der Waals surface area contributed by atoms with Gasteiger partial charge in [0.15, 0.2) is 0 Å². The van der Waals surface area contributed by atoms with Gasteiger partial charge in [0.1, 0.15) is 5.01 Å². The summed E-state index contributed by atoms with van der Waals surface area (Å²) in [6, 6.07) is 5.50. The third kappa shape index (κ3) is 3.40. The predicted octanol–water partition coefficient (Wildman–Crippen LogP) is 3.91. The number of hydrogen-bond donors (Lipinski definition) is 1. The van der Waals surface area contributed by atoms with Gasteiger partial charge in [0.05, 0.1) is 12.1 Å². The van der Waals surface area contributed by atoms with Crippen LogP contribution in [0.15, 0.2) is 33.3 Å². The summed E-state index contributed by atoms with van der Waals surface area (Å²) < 4.78 is 1.65. The van der Waals surface area contributed by atoms with Crippen LogP contribution in [-0.4, -0.2) is 10.9 Å². The summed E-state index contributed by atoms with van der Waals surface area (Å²) in [7, 11) is 0. The minimum absolute atomic E-state index is 0.115. The highest BCUT2D eigenvalue weighted by atomic mass is 79.9. The molecule has 1 aromatic carbocycles. The molecule has 0 fully saturated rings. The van der Waals surface area contributed by atoms with Crippen LogP contribution in [0, 0.1) is 6.92 Å². The van der Waals surface area contributed by atoms with Crippen LogP contribution in [0.1, 0.15) is 20.2 Å². The predicted molar refractivity (Wildman–Crippen MR) is 79.9 cm³/mol. The fraction of sp³-hybridized carbons (Fsp3) is 0.167. The van der Waals surface area contributed by atoms with Crippen LogP contribution >= 0.6 is 43.2 Å². The van der Waals surface area contributed by atoms with E-state index in [1.54, 1.807) is 23.6 Å². The number of carbonyl (C=O) groups is 1. The van der Waals surface area contributed by atoms with Gasteiger partial charge in [-0.1, -0.05) is 15.9 Å². The van der Waals surface area contributed by atoms with E-state index in [0.29, 0.717) is 12.1 Å². The number of aromatic nitrogens is 1. The standard InChI is InChI=1S/C12H10Br2N2OS/c1-7-5-15-11(18-7)6-16-12(17)9-4-8(13)2-3-10(9)14/h2-5H,6H2,1H3,(H,16,17). The fourth-order valence-corrected chi connectivity index (χ4v) is 2.92. The first-order chi connectivity index (χ1) is 8.56. The van der Waals surface area contributed by atoms with Crippen molar-refractivity contribution in [2.75, 3.05) is 0 Å². The maximum Gasteiger partial charge on any atom is 0.252 e. The minimum atomic E-state index is -0.115. The summed E-state index contributed by atoms with van der Waals surface area (Å²) in [5.41, 5.74) is 0.609. The van der Waals surface area contributed by atoms with Crippen molar-refractivity contribution < 1.29 is 4.79 Å². The normalized spacial score (nSPS) is 10.4. The van der Waals surface area contributed by atoms with Crippen LogP contribution in [0.5, 0.6) is 0 Å². The number of hydrogen-bond acceptors (Lipinski definition) is 3. The van der Waals surface area contributed by atoms with Gasteiger partial charge >= 0.3 is 0 Å². The Labute approximate surface area is 126 Å². The minimum Gasteiger partial charge on any atom is -0.345 e. The van der Waals surface area contributed by atoms with Gasteiger partial charge in [0.25, 0.3) is 5.91 Å². The van der Waals surface area contributed by atoms with Crippen molar-refractivity contribution in [2.24, 2.45) is 0 Å². The first kappa shape index (κ1) is 13.7. The number of nitrogens with one attached hydrogen (secondary N) is 1. The Morgan fingerprint density at radius 3 is 2.89 bits per heavy atom. The number of carbonyl (C=O) groups excluding carboxylic acids is 1. The molecule has 18 heavy (non-hydrogen) atoms. The van der Waals surface area contributed by atoms with Gasteiger partial charge in [-0.25, -0.2) is 4.98 Å². The van der Waals surface area contributed by atoms with Gasteiger partial charge in [0, 0.05) is 20.0 Å². The lowest BCUT2D eigenvalue weighted by Gasteiger charge is -2.05. The SMILES string of the molecule is Cc1cnc(CNC(=O)c2cc(Br)ccc2Br)s1. The van der Waals surface area contributed by atoms with E-state index >= 15 is 0 Å². The van der Waals surface area contributed by atoms with Crippen molar-refractivity contribution >= 4 is 49.1 Å². The molecule has 1 aromatic heterocycles. The first-order valence-corrected chi connectivity index (χ1v) is 7.61. The van der Waals surface area contributed by atoms with Gasteiger partial charge in [-0.05, 0) is 41.1 Å². The monoisotopic (exact) mass is 388 g/mol. The molecule has 6 heteroatoms. The molecule has 0 radical (unpaired) electrons. The largest absolute Gasteiger partial charge is 0.345 e. The van der Waals surface area contributed by atoms with E-state index in [-0.39, 0.29) is 5.91 Å². The lowest BCUT2D eigenvalue weighted by molar-refractivity contribution is 0.0950. The van der Waals surface area contributed by atoms with Crippen LogP contribution in [0.25, 0.3) is 0 Å². The van der Waals surface area contributed by atoms with Crippen molar-refractivity contribution in [3.05, 3.63) is 48.8 Å². The average Bonchev–Trinajstić information content (AvgIpc) is 2.75. The summed E-state index contributed by atoms with van der Waals surface area (Å²) in [6.45, 7) is 2.45. The van der Waals surface area contributed by atoms with Crippen molar-refractivity contribution in [3.8, 4) is 0 Å². The van der Waals surface area contributed by atoms with E-state index in [0.717, 1.165) is 18.8 Å². The first-order valence-electron chi connectivity index (χ1n) is 5.21. The number of amides is 1. The Morgan fingerprint density at radius 1 is 1.44 bits per heavy atom. The molecule has 2 aromatic rings. The second-order valence-corrected chi connectivity index (χ2v) is 6.76. The Morgan fingerprint density at radius 2 is 2.22 bits per heavy atom. The number of thiazole rings is 1. The molecule has 94 valence electrons. The summed E-state index contributed by atoms with van der Waals surface area (Å²) in [4.78, 5) is 17.4. The zero-order chi connectivity index (χ0) is 13.1. The van der Waals surface area contributed by atoms with E-state index in [1.165, 1.54) is 0 Å². The zero-order valence-electron chi connectivity index (χ0n) is 9.54. The number of nitrogens with zero attached hydrogens (tertiary/aromatic N) is 1. The molecule has 0 saturated carbocycles. The topological polar surface area (TPSA) is 42.0 Å². The van der Waals surface area contributed by atoms with Crippen molar-refractivity contribution in [1.29, 1.82) is 0 Å². The zero-order valence-corrected chi connectivity index (χ0v) is 13.5. The van der Waals surface area contributed by atoms with Crippen LogP contribution in [0.4, 0.5) is 0 Å². The highest BCUT2D eigenvalue weighted by Gasteiger charge is 2.10. The van der Waals surface area contributed by atoms with E-state index in [4.69, 9.17) is 0 Å². The van der Waals surface area contributed by atoms with Gasteiger partial charge < -0.3 is 5.32 Å². The fourth-order valence-electron chi connectivity index (χ4n) is 1.41. The second-order valence-electron chi connectivity index (χ2n) is 3.67. The quantitative estimate of drug-likeness (QED) is 0.864. The van der Waals surface area contributed by atoms with Crippen molar-refractivity contribution in [1.82, 2.24) is 10.3 Å². The van der Waals surface area contributed by atoms with Crippen molar-refractivity contribution in [3.63, 3.8) is 0 Å². The summed E-state index contributed by atoms with van der Waals surface area (Å²) in [6.07, 6.45) is 1.81. The number of aryl methyl sites for hydroxylation is 1. The maximum atomic E-state index is 12.0. The Kier molecular flexibility index (Phi) is 4.53. The molecule has 0 aliphatic heterocycles. The summed E-state index contributed by atoms with van der Waals surface area (Å²) in [5.74, 6) is -0.115. The third-order valence-electron chi connectivity index (χ3n) is 2.24. The van der Waals surface area contributed by atoms with E-state index in [1.807, 2.05) is 19.1 Å². The molecule has 0 aliphatic rings. The Balaban J connectivity index is 2.05. The van der Waals surface area contributed by atoms with Crippen LogP contribution in [-0.2, 0) is 6.54 Å². The Bertz CT molecular complexity index is 583. The molecule has 1 amide bonds. The van der Waals surface area contributed by atoms with E-state index < -0.39 is 0 Å². The van der Waals surface area contributed by atoms with Crippen LogP contribution < -0.4 is 5.32 Å². The van der Waals surface area contributed by atoms with Crippen LogP contribution in [0.2, 0.25) is 0 Å². The molecule has 1 N–H and O–H groups in total. The second kappa shape index (κ2) is 5.95. The average molecular weight is 390 g/mol. The molecule has 3 nitrogen and oxygen atoms in total. The molecule has 0 spiro atoms. The molecule has 2 rings (SSSR count). The molecular weight excluding hydrogens is 380 g/mol. The van der Waals surface area contributed by atoms with Gasteiger partial charge in [0.2, 0.25) is 0 Å². The van der Waals surface area contributed by atoms with Gasteiger partial charge in [-0.2, -0.15) is 0 Å². The lowest BCUT2D eigenvalue weighted by atomic mass is 10.2. The molecule has 0 unspecified atom stereocenters. The number of benzene rings is 1.